The van der Waals surface area contributed by atoms with Crippen molar-refractivity contribution in [3.05, 3.63) is 27.9 Å². The third-order valence-electron chi connectivity index (χ3n) is 1.41. The van der Waals surface area contributed by atoms with Gasteiger partial charge in [0.2, 0.25) is 0 Å². The van der Waals surface area contributed by atoms with Gasteiger partial charge in [-0.2, -0.15) is 25.8 Å². The predicted octanol–water partition coefficient (Wildman–Crippen LogP) is 1.07. The minimum absolute atomic E-state index is 0.0611. The first-order valence-electron chi connectivity index (χ1n) is 3.71. The molecule has 0 fully saturated rings. The van der Waals surface area contributed by atoms with Crippen molar-refractivity contribution >= 4 is 12.6 Å². The van der Waals surface area contributed by atoms with Crippen molar-refractivity contribution in [2.45, 2.75) is 6.18 Å². The topological polar surface area (TPSA) is 45.8 Å². The average Bonchev–Trinajstić information content (AvgIpc) is 2.14. The van der Waals surface area contributed by atoms with E-state index in [-0.39, 0.29) is 5.75 Å². The Bertz CT molecular complexity index is 469. The van der Waals surface area contributed by atoms with Crippen LogP contribution in [0.3, 0.4) is 0 Å². The quantitative estimate of drug-likeness (QED) is 0.521. The standard InChI is InChI=1S/C8H5F3N2OS/c9-8(10,11)6-5(2-1-3-15)7(14)13-4-12-6/h4,15H,3H2,(H,12,13,14). The molecule has 0 saturated heterocycles. The van der Waals surface area contributed by atoms with Crippen LogP contribution in [-0.4, -0.2) is 15.7 Å². The van der Waals surface area contributed by atoms with Crippen LogP contribution in [0.15, 0.2) is 11.1 Å². The Balaban J connectivity index is 3.40. The first-order valence-corrected chi connectivity index (χ1v) is 4.34. The summed E-state index contributed by atoms with van der Waals surface area (Å²) >= 11 is 3.70. The number of hydrogen-bond donors (Lipinski definition) is 2. The van der Waals surface area contributed by atoms with Gasteiger partial charge < -0.3 is 4.98 Å². The van der Waals surface area contributed by atoms with Gasteiger partial charge in [-0.15, -0.1) is 0 Å². The zero-order valence-electron chi connectivity index (χ0n) is 7.22. The normalized spacial score (nSPS) is 10.7. The van der Waals surface area contributed by atoms with Gasteiger partial charge in [0.05, 0.1) is 12.1 Å². The lowest BCUT2D eigenvalue weighted by Gasteiger charge is -2.05. The molecule has 0 aliphatic rings. The fourth-order valence-electron chi connectivity index (χ4n) is 0.859. The van der Waals surface area contributed by atoms with E-state index < -0.39 is 23.0 Å². The zero-order chi connectivity index (χ0) is 11.5. The van der Waals surface area contributed by atoms with Crippen molar-refractivity contribution in [3.8, 4) is 11.8 Å². The van der Waals surface area contributed by atoms with Crippen molar-refractivity contribution in [1.82, 2.24) is 9.97 Å². The van der Waals surface area contributed by atoms with Gasteiger partial charge in [0, 0.05) is 0 Å². The Morgan fingerprint density at radius 2 is 2.20 bits per heavy atom. The van der Waals surface area contributed by atoms with Crippen LogP contribution in [0.5, 0.6) is 0 Å². The van der Waals surface area contributed by atoms with Crippen LogP contribution in [0.2, 0.25) is 0 Å². The maximum Gasteiger partial charge on any atom is 0.434 e. The van der Waals surface area contributed by atoms with Gasteiger partial charge in [-0.25, -0.2) is 4.98 Å². The highest BCUT2D eigenvalue weighted by molar-refractivity contribution is 7.80. The summed E-state index contributed by atoms with van der Waals surface area (Å²) in [5.74, 6) is 4.42. The number of aromatic amines is 1. The molecule has 0 saturated carbocycles. The molecule has 0 atom stereocenters. The largest absolute Gasteiger partial charge is 0.434 e. The molecule has 3 nitrogen and oxygen atoms in total. The zero-order valence-corrected chi connectivity index (χ0v) is 8.12. The third-order valence-corrected chi connectivity index (χ3v) is 1.57. The second-order valence-corrected chi connectivity index (χ2v) is 2.73. The van der Waals surface area contributed by atoms with Gasteiger partial charge in [0.25, 0.3) is 5.56 Å². The van der Waals surface area contributed by atoms with Crippen LogP contribution < -0.4 is 5.56 Å². The Hall–Kier alpha value is -1.42. The highest BCUT2D eigenvalue weighted by atomic mass is 32.1. The van der Waals surface area contributed by atoms with Crippen molar-refractivity contribution in [1.29, 1.82) is 0 Å². The van der Waals surface area contributed by atoms with Crippen LogP contribution in [-0.2, 0) is 6.18 Å². The lowest BCUT2D eigenvalue weighted by molar-refractivity contribution is -0.141. The number of hydrogen-bond acceptors (Lipinski definition) is 3. The summed E-state index contributed by atoms with van der Waals surface area (Å²) in [6.45, 7) is 0. The molecule has 80 valence electrons. The summed E-state index contributed by atoms with van der Waals surface area (Å²) in [5, 5.41) is 0. The van der Waals surface area contributed by atoms with Gasteiger partial charge in [-0.05, 0) is 0 Å². The van der Waals surface area contributed by atoms with Gasteiger partial charge >= 0.3 is 6.18 Å². The van der Waals surface area contributed by atoms with Gasteiger partial charge in [0.15, 0.2) is 5.69 Å². The first-order chi connectivity index (χ1) is 6.96. The molecule has 0 bridgehead atoms. The first kappa shape index (κ1) is 11.7. The molecular weight excluding hydrogens is 229 g/mol. The molecule has 0 unspecified atom stereocenters. The molecule has 0 aromatic carbocycles. The molecule has 1 rings (SSSR count). The number of rotatable bonds is 0. The van der Waals surface area contributed by atoms with Crippen molar-refractivity contribution in [3.63, 3.8) is 0 Å². The third kappa shape index (κ3) is 2.76. The van der Waals surface area contributed by atoms with E-state index in [9.17, 15) is 18.0 Å². The second-order valence-electron chi connectivity index (χ2n) is 2.41. The van der Waals surface area contributed by atoms with E-state index in [1.54, 1.807) is 0 Å². The van der Waals surface area contributed by atoms with Crippen molar-refractivity contribution in [2.75, 3.05) is 5.75 Å². The number of H-pyrrole nitrogens is 1. The van der Waals surface area contributed by atoms with Crippen LogP contribution in [0.1, 0.15) is 11.3 Å². The molecule has 0 radical (unpaired) electrons. The number of thiol groups is 1. The summed E-state index contributed by atoms with van der Waals surface area (Å²) in [6, 6.07) is 0. The maximum absolute atomic E-state index is 12.4. The molecular formula is C8H5F3N2OS. The number of aromatic nitrogens is 2. The molecule has 0 amide bonds. The van der Waals surface area contributed by atoms with E-state index in [2.05, 4.69) is 29.5 Å². The lowest BCUT2D eigenvalue weighted by atomic mass is 10.2. The lowest BCUT2D eigenvalue weighted by Crippen LogP contribution is -2.20. The summed E-state index contributed by atoms with van der Waals surface area (Å²) in [7, 11) is 0. The molecule has 1 heterocycles. The molecule has 1 N–H and O–H groups in total. The Morgan fingerprint density at radius 3 is 2.73 bits per heavy atom. The number of halogens is 3. The molecule has 0 spiro atoms. The molecule has 15 heavy (non-hydrogen) atoms. The fraction of sp³-hybridized carbons (Fsp3) is 0.250. The Labute approximate surface area is 88.1 Å². The smallest absolute Gasteiger partial charge is 0.312 e. The number of nitrogens with one attached hydrogen (secondary N) is 1. The molecule has 0 aliphatic carbocycles. The Morgan fingerprint density at radius 1 is 1.53 bits per heavy atom. The van der Waals surface area contributed by atoms with E-state index in [1.165, 1.54) is 0 Å². The summed E-state index contributed by atoms with van der Waals surface area (Å²) in [6.07, 6.45) is -3.99. The SMILES string of the molecule is O=c1[nH]cnc(C(F)(F)F)c1C#CCS. The van der Waals surface area contributed by atoms with Crippen molar-refractivity contribution < 1.29 is 13.2 Å². The summed E-state index contributed by atoms with van der Waals surface area (Å²) < 4.78 is 37.1. The van der Waals surface area contributed by atoms with Crippen LogP contribution in [0.4, 0.5) is 13.2 Å². The van der Waals surface area contributed by atoms with E-state index in [1.807, 2.05) is 4.98 Å². The monoisotopic (exact) mass is 234 g/mol. The molecule has 7 heteroatoms. The van der Waals surface area contributed by atoms with E-state index >= 15 is 0 Å². The van der Waals surface area contributed by atoms with Crippen molar-refractivity contribution in [2.24, 2.45) is 0 Å². The number of alkyl halides is 3. The van der Waals surface area contributed by atoms with E-state index in [0.717, 1.165) is 0 Å². The van der Waals surface area contributed by atoms with Crippen LogP contribution in [0.25, 0.3) is 0 Å². The molecule has 1 aromatic rings. The molecule has 0 aliphatic heterocycles. The summed E-state index contributed by atoms with van der Waals surface area (Å²) in [5.41, 5.74) is -2.87. The van der Waals surface area contributed by atoms with Crippen LogP contribution in [0, 0.1) is 11.8 Å². The predicted molar refractivity (Wildman–Crippen MR) is 50.6 cm³/mol. The highest BCUT2D eigenvalue weighted by Crippen LogP contribution is 2.28. The second kappa shape index (κ2) is 4.40. The van der Waals surface area contributed by atoms with Crippen LogP contribution >= 0.6 is 12.6 Å². The van der Waals surface area contributed by atoms with E-state index in [0.29, 0.717) is 6.33 Å². The average molecular weight is 234 g/mol. The van der Waals surface area contributed by atoms with E-state index in [4.69, 9.17) is 0 Å². The summed E-state index contributed by atoms with van der Waals surface area (Å²) in [4.78, 5) is 16.2. The Kier molecular flexibility index (Phi) is 3.42. The number of nitrogens with zero attached hydrogens (tertiary/aromatic N) is 1. The maximum atomic E-state index is 12.4. The van der Waals surface area contributed by atoms with Gasteiger partial charge in [0.1, 0.15) is 5.56 Å². The van der Waals surface area contributed by atoms with Gasteiger partial charge in [-0.3, -0.25) is 4.79 Å². The fourth-order valence-corrected chi connectivity index (χ4v) is 0.938. The minimum atomic E-state index is -4.69. The highest BCUT2D eigenvalue weighted by Gasteiger charge is 2.36. The molecule has 1 aromatic heterocycles. The van der Waals surface area contributed by atoms with Gasteiger partial charge in [-0.1, -0.05) is 11.8 Å². The minimum Gasteiger partial charge on any atom is -0.312 e.